The lowest BCUT2D eigenvalue weighted by Gasteiger charge is -2.35. The summed E-state index contributed by atoms with van der Waals surface area (Å²) in [6, 6.07) is 16.4. The lowest BCUT2D eigenvalue weighted by molar-refractivity contribution is -0.133. The maximum absolute atomic E-state index is 13.1. The Morgan fingerprint density at radius 2 is 1.88 bits per heavy atom. The number of hydrogen-bond acceptors (Lipinski definition) is 4. The second-order valence-corrected chi connectivity index (χ2v) is 9.07. The quantitative estimate of drug-likeness (QED) is 0.593. The molecule has 3 aromatic rings. The number of ether oxygens (including phenoxy) is 2. The van der Waals surface area contributed by atoms with Gasteiger partial charge < -0.3 is 19.4 Å². The highest BCUT2D eigenvalue weighted by Gasteiger charge is 2.25. The Kier molecular flexibility index (Phi) is 6.65. The Morgan fingerprint density at radius 1 is 1.09 bits per heavy atom. The van der Waals surface area contributed by atoms with Crippen LogP contribution in [0, 0.1) is 0 Å². The minimum absolute atomic E-state index is 0.248. The van der Waals surface area contributed by atoms with Crippen LogP contribution in [0.1, 0.15) is 24.8 Å². The van der Waals surface area contributed by atoms with Gasteiger partial charge in [0.2, 0.25) is 5.91 Å². The molecule has 1 amide bonds. The van der Waals surface area contributed by atoms with Crippen molar-refractivity contribution in [1.29, 1.82) is 0 Å². The first-order valence-corrected chi connectivity index (χ1v) is 12.1. The number of aromatic nitrogens is 1. The molecule has 0 bridgehead atoms. The van der Waals surface area contributed by atoms with Gasteiger partial charge in [0.1, 0.15) is 5.75 Å². The highest BCUT2D eigenvalue weighted by atomic mass is 16.5. The first-order chi connectivity index (χ1) is 16.2. The van der Waals surface area contributed by atoms with Crippen LogP contribution in [0.3, 0.4) is 0 Å². The van der Waals surface area contributed by atoms with Crippen molar-refractivity contribution in [3.8, 4) is 17.0 Å². The van der Waals surface area contributed by atoms with E-state index in [4.69, 9.17) is 9.47 Å². The second kappa shape index (κ2) is 9.98. The molecule has 1 unspecified atom stereocenters. The van der Waals surface area contributed by atoms with E-state index in [1.54, 1.807) is 7.11 Å². The molecule has 0 spiro atoms. The molecular formula is C27H33N3O3. The van der Waals surface area contributed by atoms with Crippen LogP contribution in [0.4, 0.5) is 0 Å². The highest BCUT2D eigenvalue weighted by Crippen LogP contribution is 2.32. The summed E-state index contributed by atoms with van der Waals surface area (Å²) in [5, 5.41) is 1.19. The molecule has 3 heterocycles. The van der Waals surface area contributed by atoms with Crippen LogP contribution in [0.5, 0.6) is 5.75 Å². The number of para-hydroxylation sites is 1. The standard InChI is InChI=1S/C27H33N3O3/c1-32-21-10-8-20(9-11-21)27-24(23-6-2-3-7-25(23)28-27)12-13-26(31)30-16-14-29(15-17-30)19-22-5-4-18-33-22/h2-3,6-11,22,28H,4-5,12-19H2,1H3. The van der Waals surface area contributed by atoms with Crippen LogP contribution in [0.15, 0.2) is 48.5 Å². The number of methoxy groups -OCH3 is 1. The van der Waals surface area contributed by atoms with E-state index in [9.17, 15) is 4.79 Å². The number of carbonyl (C=O) groups is 1. The summed E-state index contributed by atoms with van der Waals surface area (Å²) >= 11 is 0. The van der Waals surface area contributed by atoms with Gasteiger partial charge in [-0.05, 0) is 60.7 Å². The van der Waals surface area contributed by atoms with Crippen molar-refractivity contribution < 1.29 is 14.3 Å². The zero-order chi connectivity index (χ0) is 22.6. The summed E-state index contributed by atoms with van der Waals surface area (Å²) in [5.74, 6) is 1.09. The van der Waals surface area contributed by atoms with E-state index in [2.05, 4.69) is 40.2 Å². The largest absolute Gasteiger partial charge is 0.497 e. The van der Waals surface area contributed by atoms with Crippen LogP contribution >= 0.6 is 0 Å². The number of rotatable bonds is 7. The van der Waals surface area contributed by atoms with E-state index < -0.39 is 0 Å². The van der Waals surface area contributed by atoms with Crippen molar-refractivity contribution in [2.75, 3.05) is 46.4 Å². The maximum Gasteiger partial charge on any atom is 0.222 e. The number of nitrogens with one attached hydrogen (secondary N) is 1. The van der Waals surface area contributed by atoms with Gasteiger partial charge in [-0.3, -0.25) is 9.69 Å². The van der Waals surface area contributed by atoms with Gasteiger partial charge in [-0.15, -0.1) is 0 Å². The zero-order valence-electron chi connectivity index (χ0n) is 19.4. The summed E-state index contributed by atoms with van der Waals surface area (Å²) in [7, 11) is 1.68. The first-order valence-electron chi connectivity index (χ1n) is 12.1. The summed E-state index contributed by atoms with van der Waals surface area (Å²) in [5.41, 5.74) is 4.51. The minimum Gasteiger partial charge on any atom is -0.497 e. The molecule has 0 aliphatic carbocycles. The average Bonchev–Trinajstić information content (AvgIpc) is 3.51. The second-order valence-electron chi connectivity index (χ2n) is 9.07. The van der Waals surface area contributed by atoms with Gasteiger partial charge in [-0.2, -0.15) is 0 Å². The van der Waals surface area contributed by atoms with E-state index in [0.717, 1.165) is 68.3 Å². The first kappa shape index (κ1) is 22.0. The van der Waals surface area contributed by atoms with Gasteiger partial charge in [0.05, 0.1) is 13.2 Å². The van der Waals surface area contributed by atoms with Gasteiger partial charge in [0.25, 0.3) is 0 Å². The van der Waals surface area contributed by atoms with Gasteiger partial charge in [-0.25, -0.2) is 0 Å². The fourth-order valence-electron chi connectivity index (χ4n) is 5.11. The fraction of sp³-hybridized carbons (Fsp3) is 0.444. The number of nitrogens with zero attached hydrogens (tertiary/aromatic N) is 2. The number of H-pyrrole nitrogens is 1. The normalized spacial score (nSPS) is 19.3. The third-order valence-electron chi connectivity index (χ3n) is 6.99. The van der Waals surface area contributed by atoms with Crippen molar-refractivity contribution in [1.82, 2.24) is 14.8 Å². The van der Waals surface area contributed by atoms with E-state index in [1.807, 2.05) is 23.1 Å². The van der Waals surface area contributed by atoms with Crippen molar-refractivity contribution in [2.24, 2.45) is 0 Å². The van der Waals surface area contributed by atoms with Crippen molar-refractivity contribution in [3.05, 3.63) is 54.1 Å². The SMILES string of the molecule is COc1ccc(-c2[nH]c3ccccc3c2CCC(=O)N2CCN(CC3CCCO3)CC2)cc1. The third kappa shape index (κ3) is 4.92. The number of aromatic amines is 1. The van der Waals surface area contributed by atoms with Gasteiger partial charge in [0.15, 0.2) is 0 Å². The molecule has 0 radical (unpaired) electrons. The molecular weight excluding hydrogens is 414 g/mol. The highest BCUT2D eigenvalue weighted by molar-refractivity contribution is 5.91. The minimum atomic E-state index is 0.248. The van der Waals surface area contributed by atoms with Crippen molar-refractivity contribution in [2.45, 2.75) is 31.8 Å². The molecule has 33 heavy (non-hydrogen) atoms. The number of piperazine rings is 1. The molecule has 2 aromatic carbocycles. The number of fused-ring (bicyclic) bond motifs is 1. The van der Waals surface area contributed by atoms with Crippen LogP contribution in [0.2, 0.25) is 0 Å². The molecule has 174 valence electrons. The lowest BCUT2D eigenvalue weighted by Crippen LogP contribution is -2.50. The summed E-state index contributed by atoms with van der Waals surface area (Å²) in [6.45, 7) is 5.40. The van der Waals surface area contributed by atoms with E-state index >= 15 is 0 Å². The summed E-state index contributed by atoms with van der Waals surface area (Å²) < 4.78 is 11.1. The van der Waals surface area contributed by atoms with Crippen LogP contribution < -0.4 is 4.74 Å². The van der Waals surface area contributed by atoms with Crippen molar-refractivity contribution in [3.63, 3.8) is 0 Å². The Labute approximate surface area is 195 Å². The average molecular weight is 448 g/mol. The van der Waals surface area contributed by atoms with Gasteiger partial charge in [0, 0.05) is 62.3 Å². The topological polar surface area (TPSA) is 57.8 Å². The van der Waals surface area contributed by atoms with E-state index in [1.165, 1.54) is 23.8 Å². The molecule has 2 saturated heterocycles. The van der Waals surface area contributed by atoms with E-state index in [0.29, 0.717) is 12.5 Å². The Morgan fingerprint density at radius 3 is 2.61 bits per heavy atom. The van der Waals surface area contributed by atoms with Crippen LogP contribution in [-0.4, -0.2) is 73.2 Å². The predicted octanol–water partition coefficient (Wildman–Crippen LogP) is 4.10. The molecule has 0 saturated carbocycles. The predicted molar refractivity (Wildman–Crippen MR) is 131 cm³/mol. The summed E-state index contributed by atoms with van der Waals surface area (Å²) in [6.07, 6.45) is 3.97. The molecule has 1 N–H and O–H groups in total. The molecule has 1 atom stereocenters. The van der Waals surface area contributed by atoms with Gasteiger partial charge >= 0.3 is 0 Å². The fourth-order valence-corrected chi connectivity index (χ4v) is 5.11. The molecule has 2 aliphatic rings. The molecule has 1 aromatic heterocycles. The Balaban J connectivity index is 1.25. The summed E-state index contributed by atoms with van der Waals surface area (Å²) in [4.78, 5) is 21.1. The lowest BCUT2D eigenvalue weighted by atomic mass is 10.0. The van der Waals surface area contributed by atoms with Crippen molar-refractivity contribution >= 4 is 16.8 Å². The Hall–Kier alpha value is -2.83. The molecule has 6 nitrogen and oxygen atoms in total. The van der Waals surface area contributed by atoms with Crippen LogP contribution in [-0.2, 0) is 16.0 Å². The van der Waals surface area contributed by atoms with Gasteiger partial charge in [-0.1, -0.05) is 18.2 Å². The molecule has 5 rings (SSSR count). The molecule has 2 fully saturated rings. The van der Waals surface area contributed by atoms with Crippen LogP contribution in [0.25, 0.3) is 22.2 Å². The number of benzene rings is 2. The van der Waals surface area contributed by atoms with E-state index in [-0.39, 0.29) is 5.91 Å². The number of hydrogen-bond donors (Lipinski definition) is 1. The Bertz CT molecular complexity index is 1080. The third-order valence-corrected chi connectivity index (χ3v) is 6.99. The zero-order valence-corrected chi connectivity index (χ0v) is 19.4. The number of aryl methyl sites for hydroxylation is 1. The smallest absolute Gasteiger partial charge is 0.222 e. The molecule has 6 heteroatoms. The monoisotopic (exact) mass is 447 g/mol. The maximum atomic E-state index is 13.1. The number of amides is 1. The number of carbonyl (C=O) groups excluding carboxylic acids is 1. The molecule has 2 aliphatic heterocycles.